The minimum absolute atomic E-state index is 0.138. The van der Waals surface area contributed by atoms with Gasteiger partial charge in [0, 0.05) is 13.8 Å². The number of rotatable bonds is 18. The molecule has 0 fully saturated rings. The van der Waals surface area contributed by atoms with E-state index in [1.54, 1.807) is 97.1 Å². The van der Waals surface area contributed by atoms with E-state index < -0.39 is 52.0 Å². The molecule has 0 saturated heterocycles. The first-order valence-electron chi connectivity index (χ1n) is 16.4. The number of esters is 2. The quantitative estimate of drug-likeness (QED) is 0.0549. The fourth-order valence-electron chi connectivity index (χ4n) is 5.06. The maximum absolute atomic E-state index is 14.3. The topological polar surface area (TPSA) is 142 Å². The van der Waals surface area contributed by atoms with Crippen molar-refractivity contribution >= 4 is 27.6 Å². The van der Waals surface area contributed by atoms with Crippen molar-refractivity contribution in [2.75, 3.05) is 0 Å². The lowest BCUT2D eigenvalue weighted by atomic mass is 9.96. The summed E-state index contributed by atoms with van der Waals surface area (Å²) < 4.78 is 74.9. The molecular formula is C38H40O12P2. The largest absolute Gasteiger partial charge is 0.476 e. The molecule has 0 radical (unpaired) electrons. The van der Waals surface area contributed by atoms with Crippen LogP contribution in [0.15, 0.2) is 133 Å². The number of hydrogen-bond donors (Lipinski definition) is 0. The lowest BCUT2D eigenvalue weighted by Crippen LogP contribution is -2.52. The zero-order chi connectivity index (χ0) is 36.8. The highest BCUT2D eigenvalue weighted by Crippen LogP contribution is 2.55. The van der Waals surface area contributed by atoms with Crippen molar-refractivity contribution < 1.29 is 55.3 Å². The maximum Gasteiger partial charge on any atom is 0.476 e. The Hall–Kier alpha value is -4.22. The van der Waals surface area contributed by atoms with Crippen molar-refractivity contribution in [3.05, 3.63) is 156 Å². The van der Waals surface area contributed by atoms with Gasteiger partial charge in [-0.25, -0.2) is 9.13 Å². The Kier molecular flexibility index (Phi) is 14.3. The van der Waals surface area contributed by atoms with Gasteiger partial charge in [-0.2, -0.15) is 0 Å². The minimum Gasteiger partial charge on any atom is -0.455 e. The molecule has 1 aliphatic carbocycles. The number of ether oxygens (including phenoxy) is 2. The molecule has 0 saturated carbocycles. The van der Waals surface area contributed by atoms with Crippen LogP contribution in [-0.4, -0.2) is 36.4 Å². The molecule has 4 aromatic carbocycles. The van der Waals surface area contributed by atoms with Crippen molar-refractivity contribution in [3.8, 4) is 0 Å². The summed E-state index contributed by atoms with van der Waals surface area (Å²) in [4.78, 5) is 24.9. The molecule has 0 bridgehead atoms. The lowest BCUT2D eigenvalue weighted by Gasteiger charge is -2.38. The first-order chi connectivity index (χ1) is 25.1. The second-order valence-electron chi connectivity index (χ2n) is 11.6. The van der Waals surface area contributed by atoms with Crippen LogP contribution < -0.4 is 0 Å². The van der Waals surface area contributed by atoms with Crippen LogP contribution in [0.4, 0.5) is 0 Å². The summed E-state index contributed by atoms with van der Waals surface area (Å²) in [6.07, 6.45) is -2.88. The summed E-state index contributed by atoms with van der Waals surface area (Å²) in [7, 11) is -8.88. The summed E-state index contributed by atoms with van der Waals surface area (Å²) in [6.45, 7) is 1.74. The van der Waals surface area contributed by atoms with E-state index in [1.165, 1.54) is 12.2 Å². The third-order valence-electron chi connectivity index (χ3n) is 7.50. The molecule has 0 spiro atoms. The van der Waals surface area contributed by atoms with Gasteiger partial charge in [0.05, 0.1) is 26.4 Å². The van der Waals surface area contributed by atoms with E-state index >= 15 is 0 Å². The fourth-order valence-corrected chi connectivity index (χ4v) is 7.66. The first-order valence-corrected chi connectivity index (χ1v) is 19.4. The Labute approximate surface area is 302 Å². The van der Waals surface area contributed by atoms with Gasteiger partial charge in [0.2, 0.25) is 0 Å². The number of carbonyl (C=O) groups is 2. The minimum atomic E-state index is -4.44. The second kappa shape index (κ2) is 19.0. The van der Waals surface area contributed by atoms with Crippen LogP contribution in [0.1, 0.15) is 36.1 Å². The molecule has 0 heterocycles. The van der Waals surface area contributed by atoms with Crippen molar-refractivity contribution in [2.45, 2.75) is 64.7 Å². The number of phosphoric acid groups is 2. The van der Waals surface area contributed by atoms with E-state index in [0.29, 0.717) is 22.3 Å². The molecule has 14 heteroatoms. The predicted octanol–water partition coefficient (Wildman–Crippen LogP) is 8.27. The van der Waals surface area contributed by atoms with Crippen molar-refractivity contribution in [1.29, 1.82) is 0 Å². The van der Waals surface area contributed by atoms with E-state index in [9.17, 15) is 18.7 Å². The van der Waals surface area contributed by atoms with Crippen molar-refractivity contribution in [3.63, 3.8) is 0 Å². The molecule has 0 aliphatic heterocycles. The molecule has 4 aromatic rings. The van der Waals surface area contributed by atoms with Crippen LogP contribution >= 0.6 is 15.6 Å². The van der Waals surface area contributed by atoms with Crippen LogP contribution in [0.3, 0.4) is 0 Å². The maximum atomic E-state index is 14.3. The monoisotopic (exact) mass is 750 g/mol. The molecule has 12 nitrogen and oxygen atoms in total. The van der Waals surface area contributed by atoms with E-state index in [0.717, 1.165) is 13.8 Å². The van der Waals surface area contributed by atoms with Gasteiger partial charge < -0.3 is 9.47 Å². The van der Waals surface area contributed by atoms with Crippen LogP contribution in [0.25, 0.3) is 0 Å². The number of phosphoric ester groups is 2. The average Bonchev–Trinajstić information content (AvgIpc) is 3.15. The van der Waals surface area contributed by atoms with Gasteiger partial charge in [0.25, 0.3) is 0 Å². The van der Waals surface area contributed by atoms with Gasteiger partial charge in [-0.15, -0.1) is 0 Å². The highest BCUT2D eigenvalue weighted by atomic mass is 31.2. The second-order valence-corrected chi connectivity index (χ2v) is 14.8. The molecule has 0 aromatic heterocycles. The lowest BCUT2D eigenvalue weighted by molar-refractivity contribution is -0.181. The molecular weight excluding hydrogens is 710 g/mol. The molecule has 0 N–H and O–H groups in total. The van der Waals surface area contributed by atoms with Crippen LogP contribution in [0, 0.1) is 0 Å². The standard InChI is InChI=1S/C38H40O12P2/c1-29(39)47-37-35(49-51(41,43-25-31-15-7-3-8-16-31)44-26-32-17-9-4-10-18-32)23-24-36(38(37)48-30(2)40)50-52(42,45-27-33-19-11-5-12-20-33)46-28-34-21-13-6-14-22-34/h3-24,35-38H,25-28H2,1-2H3/t35-,36-,37+,38+/m0/s1. The highest BCUT2D eigenvalue weighted by Gasteiger charge is 2.48. The molecule has 5 rings (SSSR count). The van der Waals surface area contributed by atoms with Crippen LogP contribution in [0.5, 0.6) is 0 Å². The van der Waals surface area contributed by atoms with Crippen LogP contribution in [-0.2, 0) is 81.8 Å². The molecule has 1 aliphatic rings. The Morgan fingerprint density at radius 2 is 0.712 bits per heavy atom. The van der Waals surface area contributed by atoms with E-state index in [1.807, 2.05) is 24.3 Å². The number of benzene rings is 4. The summed E-state index contributed by atoms with van der Waals surface area (Å²) >= 11 is 0. The summed E-state index contributed by atoms with van der Waals surface area (Å²) in [6, 6.07) is 35.9. The summed E-state index contributed by atoms with van der Waals surface area (Å²) in [5.74, 6) is -1.56. The van der Waals surface area contributed by atoms with Gasteiger partial charge in [-0.3, -0.25) is 36.7 Å². The van der Waals surface area contributed by atoms with Gasteiger partial charge in [0.15, 0.2) is 12.2 Å². The highest BCUT2D eigenvalue weighted by molar-refractivity contribution is 7.48. The smallest absolute Gasteiger partial charge is 0.455 e. The van der Waals surface area contributed by atoms with Gasteiger partial charge >= 0.3 is 27.6 Å². The molecule has 4 atom stereocenters. The first kappa shape index (κ1) is 39.0. The summed E-state index contributed by atoms with van der Waals surface area (Å²) in [5.41, 5.74) is 2.77. The third-order valence-corrected chi connectivity index (χ3v) is 10.3. The predicted molar refractivity (Wildman–Crippen MR) is 190 cm³/mol. The van der Waals surface area contributed by atoms with Gasteiger partial charge in [0.1, 0.15) is 12.2 Å². The Bertz CT molecular complexity index is 1610. The van der Waals surface area contributed by atoms with E-state index in [4.69, 9.17) is 36.6 Å². The Balaban J connectivity index is 1.43. The van der Waals surface area contributed by atoms with Crippen molar-refractivity contribution in [2.24, 2.45) is 0 Å². The molecule has 0 unspecified atom stereocenters. The van der Waals surface area contributed by atoms with Crippen LogP contribution in [0.2, 0.25) is 0 Å². The van der Waals surface area contributed by atoms with Gasteiger partial charge in [-0.05, 0) is 22.3 Å². The Morgan fingerprint density at radius 3 is 0.942 bits per heavy atom. The zero-order valence-electron chi connectivity index (χ0n) is 28.6. The SMILES string of the molecule is CC(=O)O[C@H]1[C@H](OC(C)=O)[C@@H](OP(=O)(OCc2ccccc2)OCc2ccccc2)C=C[C@@H]1OP(=O)(OCc1ccccc1)OCc1ccccc1. The fraction of sp³-hybridized carbons (Fsp3) is 0.263. The number of carbonyl (C=O) groups excluding carboxylic acids is 2. The molecule has 274 valence electrons. The molecule has 0 amide bonds. The normalized spacial score (nSPS) is 18.8. The summed E-state index contributed by atoms with van der Waals surface area (Å²) in [5, 5.41) is 0. The number of hydrogen-bond acceptors (Lipinski definition) is 12. The third kappa shape index (κ3) is 12.2. The average molecular weight is 751 g/mol. The van der Waals surface area contributed by atoms with E-state index in [2.05, 4.69) is 0 Å². The molecule has 52 heavy (non-hydrogen) atoms. The zero-order valence-corrected chi connectivity index (χ0v) is 30.4. The van der Waals surface area contributed by atoms with Crippen molar-refractivity contribution in [1.82, 2.24) is 0 Å². The Morgan fingerprint density at radius 1 is 0.462 bits per heavy atom. The van der Waals surface area contributed by atoms with Gasteiger partial charge in [-0.1, -0.05) is 133 Å². The van der Waals surface area contributed by atoms with E-state index in [-0.39, 0.29) is 26.4 Å².